The summed E-state index contributed by atoms with van der Waals surface area (Å²) in [4.78, 5) is 32.0. The van der Waals surface area contributed by atoms with E-state index in [4.69, 9.17) is 18.9 Å². The van der Waals surface area contributed by atoms with E-state index in [0.29, 0.717) is 37.9 Å². The van der Waals surface area contributed by atoms with Gasteiger partial charge in [-0.25, -0.2) is 9.79 Å². The number of fused-ring (bicyclic) bond motifs is 1. The zero-order valence-electron chi connectivity index (χ0n) is 21.7. The zero-order chi connectivity index (χ0) is 26.7. The van der Waals surface area contributed by atoms with Gasteiger partial charge < -0.3 is 18.9 Å². The van der Waals surface area contributed by atoms with Crippen molar-refractivity contribution in [1.29, 1.82) is 0 Å². The number of ether oxygens (including phenoxy) is 4. The molecule has 0 amide bonds. The maximum Gasteiger partial charge on any atom is 0.338 e. The largest absolute Gasteiger partial charge is 0.497 e. The fourth-order valence-electron chi connectivity index (χ4n) is 4.19. The first-order chi connectivity index (χ1) is 17.8. The van der Waals surface area contributed by atoms with Crippen molar-refractivity contribution in [3.63, 3.8) is 0 Å². The van der Waals surface area contributed by atoms with Crippen LogP contribution in [0.4, 0.5) is 0 Å². The first-order valence-corrected chi connectivity index (χ1v) is 12.8. The van der Waals surface area contributed by atoms with Crippen LogP contribution in [0.25, 0.3) is 6.08 Å². The number of hydrogen-bond acceptors (Lipinski definition) is 8. The Bertz CT molecular complexity index is 1520. The molecular formula is C28H30N2O6S. The number of carbonyl (C=O) groups excluding carboxylic acids is 1. The molecule has 0 spiro atoms. The molecule has 0 radical (unpaired) electrons. The van der Waals surface area contributed by atoms with Crippen molar-refractivity contribution >= 4 is 23.4 Å². The minimum absolute atomic E-state index is 0.0238. The molecule has 194 valence electrons. The van der Waals surface area contributed by atoms with Crippen LogP contribution in [-0.2, 0) is 9.53 Å². The summed E-state index contributed by atoms with van der Waals surface area (Å²) in [7, 11) is 3.15. The number of rotatable bonds is 8. The Morgan fingerprint density at radius 2 is 1.81 bits per heavy atom. The second kappa shape index (κ2) is 11.0. The van der Waals surface area contributed by atoms with E-state index in [0.717, 1.165) is 11.1 Å². The Morgan fingerprint density at radius 1 is 1.11 bits per heavy atom. The maximum absolute atomic E-state index is 13.8. The van der Waals surface area contributed by atoms with Gasteiger partial charge in [-0.1, -0.05) is 23.5 Å². The van der Waals surface area contributed by atoms with Gasteiger partial charge in [0.15, 0.2) is 4.80 Å². The minimum Gasteiger partial charge on any atom is -0.497 e. The summed E-state index contributed by atoms with van der Waals surface area (Å²) in [6.07, 6.45) is 1.79. The standard InChI is InChI=1S/C28H30N2O6S/c1-7-35-27(32)24-17(4)29-28-30(25(24)18-8-11-20(12-9-18)36-16(2)3)26(31)23(37-28)14-19-10-13-21(33-5)15-22(19)34-6/h8-16,25H,7H2,1-6H3/b23-14+. The molecule has 37 heavy (non-hydrogen) atoms. The van der Waals surface area contributed by atoms with Gasteiger partial charge in [-0.2, -0.15) is 0 Å². The van der Waals surface area contributed by atoms with E-state index in [-0.39, 0.29) is 18.3 Å². The third kappa shape index (κ3) is 5.32. The van der Waals surface area contributed by atoms with Crippen molar-refractivity contribution in [2.45, 2.75) is 39.8 Å². The lowest BCUT2D eigenvalue weighted by atomic mass is 9.96. The van der Waals surface area contributed by atoms with Crippen molar-refractivity contribution in [2.75, 3.05) is 20.8 Å². The summed E-state index contributed by atoms with van der Waals surface area (Å²) in [6.45, 7) is 7.63. The Labute approximate surface area is 219 Å². The fourth-order valence-corrected chi connectivity index (χ4v) is 5.22. The summed E-state index contributed by atoms with van der Waals surface area (Å²) < 4.78 is 23.9. The molecule has 0 fully saturated rings. The van der Waals surface area contributed by atoms with Gasteiger partial charge in [0.25, 0.3) is 5.56 Å². The van der Waals surface area contributed by atoms with Crippen LogP contribution < -0.4 is 29.1 Å². The van der Waals surface area contributed by atoms with Crippen LogP contribution >= 0.6 is 11.3 Å². The van der Waals surface area contributed by atoms with Crippen molar-refractivity contribution < 1.29 is 23.7 Å². The quantitative estimate of drug-likeness (QED) is 0.420. The first-order valence-electron chi connectivity index (χ1n) is 12.0. The predicted octanol–water partition coefficient (Wildman–Crippen LogP) is 3.60. The SMILES string of the molecule is CCOC(=O)C1=C(C)N=c2s/c(=C/c3ccc(OC)cc3OC)c(=O)n2C1c1ccc(OC(C)C)cc1. The maximum atomic E-state index is 13.8. The second-order valence-electron chi connectivity index (χ2n) is 8.65. The summed E-state index contributed by atoms with van der Waals surface area (Å²) in [6, 6.07) is 12.1. The molecular weight excluding hydrogens is 492 g/mol. The van der Waals surface area contributed by atoms with E-state index >= 15 is 0 Å². The smallest absolute Gasteiger partial charge is 0.338 e. The van der Waals surface area contributed by atoms with Gasteiger partial charge >= 0.3 is 5.97 Å². The number of thiazole rings is 1. The Hall–Kier alpha value is -3.85. The van der Waals surface area contributed by atoms with Gasteiger partial charge in [0, 0.05) is 11.6 Å². The molecule has 1 aromatic heterocycles. The summed E-state index contributed by atoms with van der Waals surface area (Å²) >= 11 is 1.26. The number of aromatic nitrogens is 1. The molecule has 1 unspecified atom stereocenters. The fraction of sp³-hybridized carbons (Fsp3) is 0.321. The molecule has 0 aliphatic carbocycles. The highest BCUT2D eigenvalue weighted by molar-refractivity contribution is 7.07. The molecule has 0 N–H and O–H groups in total. The van der Waals surface area contributed by atoms with Crippen LogP contribution in [0.3, 0.4) is 0 Å². The molecule has 2 aromatic carbocycles. The number of allylic oxidation sites excluding steroid dienone is 1. The average Bonchev–Trinajstić information content (AvgIpc) is 3.18. The van der Waals surface area contributed by atoms with E-state index in [1.54, 1.807) is 50.8 Å². The highest BCUT2D eigenvalue weighted by Crippen LogP contribution is 2.32. The third-order valence-electron chi connectivity index (χ3n) is 5.81. The number of hydrogen-bond donors (Lipinski definition) is 0. The molecule has 1 atom stereocenters. The number of esters is 1. The van der Waals surface area contributed by atoms with Crippen LogP contribution in [0, 0.1) is 0 Å². The van der Waals surface area contributed by atoms with E-state index in [2.05, 4.69) is 4.99 Å². The number of carbonyl (C=O) groups is 1. The van der Waals surface area contributed by atoms with E-state index in [1.807, 2.05) is 44.2 Å². The molecule has 8 nitrogen and oxygen atoms in total. The molecule has 0 saturated carbocycles. The van der Waals surface area contributed by atoms with Crippen LogP contribution in [0.2, 0.25) is 0 Å². The van der Waals surface area contributed by atoms with Crippen molar-refractivity contribution in [3.05, 3.63) is 84.5 Å². The third-order valence-corrected chi connectivity index (χ3v) is 6.79. The molecule has 2 heterocycles. The lowest BCUT2D eigenvalue weighted by molar-refractivity contribution is -0.139. The van der Waals surface area contributed by atoms with Gasteiger partial charge in [-0.15, -0.1) is 0 Å². The van der Waals surface area contributed by atoms with Gasteiger partial charge in [0.05, 0.1) is 48.8 Å². The number of methoxy groups -OCH3 is 2. The predicted molar refractivity (Wildman–Crippen MR) is 142 cm³/mol. The molecule has 4 rings (SSSR count). The molecule has 1 aliphatic heterocycles. The van der Waals surface area contributed by atoms with Crippen LogP contribution in [0.15, 0.2) is 63.5 Å². The number of benzene rings is 2. The molecule has 9 heteroatoms. The molecule has 1 aliphatic rings. The van der Waals surface area contributed by atoms with Gasteiger partial charge in [-0.3, -0.25) is 9.36 Å². The van der Waals surface area contributed by atoms with Crippen LogP contribution in [0.5, 0.6) is 17.2 Å². The monoisotopic (exact) mass is 522 g/mol. The summed E-state index contributed by atoms with van der Waals surface area (Å²) in [5.41, 5.74) is 2.06. The van der Waals surface area contributed by atoms with Crippen LogP contribution in [0.1, 0.15) is 44.9 Å². The number of nitrogens with zero attached hydrogens (tertiary/aromatic N) is 2. The highest BCUT2D eigenvalue weighted by Gasteiger charge is 2.33. The Balaban J connectivity index is 1.90. The minimum atomic E-state index is -0.691. The Kier molecular flexibility index (Phi) is 7.83. The first kappa shape index (κ1) is 26.2. The topological polar surface area (TPSA) is 88.4 Å². The van der Waals surface area contributed by atoms with Crippen molar-refractivity contribution in [2.24, 2.45) is 4.99 Å². The van der Waals surface area contributed by atoms with Crippen LogP contribution in [-0.4, -0.2) is 37.5 Å². The van der Waals surface area contributed by atoms with E-state index in [9.17, 15) is 9.59 Å². The lowest BCUT2D eigenvalue weighted by Crippen LogP contribution is -2.39. The van der Waals surface area contributed by atoms with Crippen molar-refractivity contribution in [3.8, 4) is 17.2 Å². The lowest BCUT2D eigenvalue weighted by Gasteiger charge is -2.25. The average molecular weight is 523 g/mol. The zero-order valence-corrected chi connectivity index (χ0v) is 22.5. The Morgan fingerprint density at radius 3 is 2.43 bits per heavy atom. The van der Waals surface area contributed by atoms with Crippen molar-refractivity contribution in [1.82, 2.24) is 4.57 Å². The molecule has 0 bridgehead atoms. The summed E-state index contributed by atoms with van der Waals surface area (Å²) in [5.74, 6) is 1.43. The van der Waals surface area contributed by atoms with Gasteiger partial charge in [0.2, 0.25) is 0 Å². The van der Waals surface area contributed by atoms with E-state index < -0.39 is 12.0 Å². The summed E-state index contributed by atoms with van der Waals surface area (Å²) in [5, 5.41) is 0. The second-order valence-corrected chi connectivity index (χ2v) is 9.65. The molecule has 0 saturated heterocycles. The van der Waals surface area contributed by atoms with Gasteiger partial charge in [-0.05, 0) is 63.6 Å². The van der Waals surface area contributed by atoms with Gasteiger partial charge in [0.1, 0.15) is 17.2 Å². The van der Waals surface area contributed by atoms with E-state index in [1.165, 1.54) is 11.3 Å². The normalized spacial score (nSPS) is 15.3. The molecule has 3 aromatic rings. The highest BCUT2D eigenvalue weighted by atomic mass is 32.1.